The average molecular weight is 270 g/mol. The second-order valence-corrected chi connectivity index (χ2v) is 5.88. The molecule has 0 spiro atoms. The molecular formula is C16H18N2S. The Hall–Kier alpha value is -1.74. The second-order valence-electron chi connectivity index (χ2n) is 4.76. The van der Waals surface area contributed by atoms with E-state index in [2.05, 4.69) is 38.1 Å². The van der Waals surface area contributed by atoms with E-state index in [1.807, 2.05) is 19.1 Å². The normalized spacial score (nSPS) is 10.5. The summed E-state index contributed by atoms with van der Waals surface area (Å²) in [5.74, 6) is 0.117. The average Bonchev–Trinajstić information content (AvgIpc) is 2.33. The zero-order chi connectivity index (χ0) is 14.0. The van der Waals surface area contributed by atoms with Crippen molar-refractivity contribution >= 4 is 17.6 Å². The first-order valence-electron chi connectivity index (χ1n) is 6.17. The molecule has 0 aliphatic rings. The van der Waals surface area contributed by atoms with Gasteiger partial charge in [0, 0.05) is 15.4 Å². The van der Waals surface area contributed by atoms with Gasteiger partial charge in [-0.1, -0.05) is 23.9 Å². The van der Waals surface area contributed by atoms with Crippen molar-refractivity contribution in [2.24, 2.45) is 5.73 Å². The van der Waals surface area contributed by atoms with Crippen LogP contribution in [0.4, 0.5) is 0 Å². The molecule has 3 heteroatoms. The van der Waals surface area contributed by atoms with E-state index in [-0.39, 0.29) is 5.84 Å². The Morgan fingerprint density at radius 2 is 1.74 bits per heavy atom. The van der Waals surface area contributed by atoms with E-state index < -0.39 is 0 Å². The van der Waals surface area contributed by atoms with Gasteiger partial charge in [0.05, 0.1) is 0 Å². The summed E-state index contributed by atoms with van der Waals surface area (Å²) in [6.07, 6.45) is 0. The largest absolute Gasteiger partial charge is 0.384 e. The smallest absolute Gasteiger partial charge is 0.123 e. The zero-order valence-electron chi connectivity index (χ0n) is 11.4. The minimum atomic E-state index is 0.117. The van der Waals surface area contributed by atoms with Gasteiger partial charge in [0.15, 0.2) is 0 Å². The van der Waals surface area contributed by atoms with E-state index in [1.165, 1.54) is 21.6 Å². The van der Waals surface area contributed by atoms with Crippen molar-refractivity contribution in [3.63, 3.8) is 0 Å². The SMILES string of the molecule is Cc1ccc(C(=N)N)c(Sc2ccc(C)c(C)c2)c1. The van der Waals surface area contributed by atoms with Crippen LogP contribution in [0.3, 0.4) is 0 Å². The van der Waals surface area contributed by atoms with Crippen LogP contribution in [0.1, 0.15) is 22.3 Å². The number of amidine groups is 1. The maximum atomic E-state index is 7.65. The van der Waals surface area contributed by atoms with Gasteiger partial charge in [0.1, 0.15) is 5.84 Å². The molecule has 2 aromatic rings. The van der Waals surface area contributed by atoms with Gasteiger partial charge in [0.25, 0.3) is 0 Å². The second kappa shape index (κ2) is 5.49. The van der Waals surface area contributed by atoms with Crippen molar-refractivity contribution in [3.8, 4) is 0 Å². The zero-order valence-corrected chi connectivity index (χ0v) is 12.3. The van der Waals surface area contributed by atoms with Crippen LogP contribution >= 0.6 is 11.8 Å². The summed E-state index contributed by atoms with van der Waals surface area (Å²) in [5.41, 5.74) is 10.2. The topological polar surface area (TPSA) is 49.9 Å². The minimum Gasteiger partial charge on any atom is -0.384 e. The molecule has 98 valence electrons. The third-order valence-corrected chi connectivity index (χ3v) is 4.18. The highest BCUT2D eigenvalue weighted by Gasteiger charge is 2.08. The van der Waals surface area contributed by atoms with E-state index in [1.54, 1.807) is 11.8 Å². The Labute approximate surface area is 118 Å². The molecule has 2 rings (SSSR count). The summed E-state index contributed by atoms with van der Waals surface area (Å²) in [6.45, 7) is 6.27. The number of nitrogen functional groups attached to an aromatic ring is 1. The summed E-state index contributed by atoms with van der Waals surface area (Å²) in [5, 5.41) is 7.65. The van der Waals surface area contributed by atoms with Crippen molar-refractivity contribution in [1.82, 2.24) is 0 Å². The van der Waals surface area contributed by atoms with Gasteiger partial charge in [-0.15, -0.1) is 0 Å². The van der Waals surface area contributed by atoms with Gasteiger partial charge in [0.2, 0.25) is 0 Å². The van der Waals surface area contributed by atoms with E-state index in [0.29, 0.717) is 0 Å². The van der Waals surface area contributed by atoms with E-state index in [0.717, 1.165) is 10.5 Å². The van der Waals surface area contributed by atoms with Crippen molar-refractivity contribution in [3.05, 3.63) is 58.7 Å². The van der Waals surface area contributed by atoms with Crippen molar-refractivity contribution < 1.29 is 0 Å². The number of hydrogen-bond donors (Lipinski definition) is 2. The predicted molar refractivity (Wildman–Crippen MR) is 82.2 cm³/mol. The number of nitrogens with two attached hydrogens (primary N) is 1. The maximum absolute atomic E-state index is 7.65. The van der Waals surface area contributed by atoms with Gasteiger partial charge >= 0.3 is 0 Å². The van der Waals surface area contributed by atoms with Crippen LogP contribution in [0.15, 0.2) is 46.2 Å². The first-order chi connectivity index (χ1) is 8.97. The summed E-state index contributed by atoms with van der Waals surface area (Å²) < 4.78 is 0. The summed E-state index contributed by atoms with van der Waals surface area (Å²) in [4.78, 5) is 2.21. The molecule has 0 aliphatic heterocycles. The molecule has 0 saturated carbocycles. The van der Waals surface area contributed by atoms with Gasteiger partial charge in [-0.2, -0.15) is 0 Å². The fourth-order valence-corrected chi connectivity index (χ4v) is 3.00. The monoisotopic (exact) mass is 270 g/mol. The van der Waals surface area contributed by atoms with Crippen LogP contribution in [0.2, 0.25) is 0 Å². The summed E-state index contributed by atoms with van der Waals surface area (Å²) >= 11 is 1.66. The van der Waals surface area contributed by atoms with Gasteiger partial charge in [-0.05, 0) is 61.7 Å². The molecule has 2 nitrogen and oxygen atoms in total. The standard InChI is InChI=1S/C16H18N2S/c1-10-4-7-14(16(17)18)15(8-10)19-13-6-5-11(2)12(3)9-13/h4-9H,1-3H3,(H3,17,18). The molecule has 0 aromatic heterocycles. The highest BCUT2D eigenvalue weighted by Crippen LogP contribution is 2.32. The van der Waals surface area contributed by atoms with Crippen LogP contribution in [-0.4, -0.2) is 5.84 Å². The van der Waals surface area contributed by atoms with Gasteiger partial charge in [-0.25, -0.2) is 0 Å². The molecular weight excluding hydrogens is 252 g/mol. The summed E-state index contributed by atoms with van der Waals surface area (Å²) in [6, 6.07) is 12.4. The number of rotatable bonds is 3. The van der Waals surface area contributed by atoms with E-state index in [4.69, 9.17) is 11.1 Å². The predicted octanol–water partition coefficient (Wildman–Crippen LogP) is 4.05. The first kappa shape index (κ1) is 13.7. The molecule has 0 unspecified atom stereocenters. The lowest BCUT2D eigenvalue weighted by molar-refractivity contribution is 1.26. The molecule has 0 heterocycles. The summed E-state index contributed by atoms with van der Waals surface area (Å²) in [7, 11) is 0. The molecule has 0 amide bonds. The first-order valence-corrected chi connectivity index (χ1v) is 6.99. The highest BCUT2D eigenvalue weighted by atomic mass is 32.2. The third-order valence-electron chi connectivity index (χ3n) is 3.13. The Morgan fingerprint density at radius 3 is 2.37 bits per heavy atom. The Bertz CT molecular complexity index is 633. The van der Waals surface area contributed by atoms with Crippen LogP contribution in [0.5, 0.6) is 0 Å². The van der Waals surface area contributed by atoms with Crippen LogP contribution in [0.25, 0.3) is 0 Å². The number of nitrogens with one attached hydrogen (secondary N) is 1. The van der Waals surface area contributed by atoms with E-state index in [9.17, 15) is 0 Å². The number of aryl methyl sites for hydroxylation is 3. The molecule has 0 aliphatic carbocycles. The minimum absolute atomic E-state index is 0.117. The molecule has 0 radical (unpaired) electrons. The van der Waals surface area contributed by atoms with Crippen LogP contribution in [0, 0.1) is 26.2 Å². The van der Waals surface area contributed by atoms with Crippen molar-refractivity contribution in [1.29, 1.82) is 5.41 Å². The third kappa shape index (κ3) is 3.18. The van der Waals surface area contributed by atoms with E-state index >= 15 is 0 Å². The van der Waals surface area contributed by atoms with Gasteiger partial charge < -0.3 is 5.73 Å². The fraction of sp³-hybridized carbons (Fsp3) is 0.188. The molecule has 0 atom stereocenters. The maximum Gasteiger partial charge on any atom is 0.123 e. The lowest BCUT2D eigenvalue weighted by Gasteiger charge is -2.10. The van der Waals surface area contributed by atoms with Crippen molar-refractivity contribution in [2.75, 3.05) is 0 Å². The lowest BCUT2D eigenvalue weighted by Crippen LogP contribution is -2.12. The van der Waals surface area contributed by atoms with Crippen LogP contribution < -0.4 is 5.73 Å². The highest BCUT2D eigenvalue weighted by molar-refractivity contribution is 7.99. The molecule has 0 bridgehead atoms. The quantitative estimate of drug-likeness (QED) is 0.653. The molecule has 2 aromatic carbocycles. The number of hydrogen-bond acceptors (Lipinski definition) is 2. The van der Waals surface area contributed by atoms with Gasteiger partial charge in [-0.3, -0.25) is 5.41 Å². The molecule has 0 fully saturated rings. The van der Waals surface area contributed by atoms with Crippen molar-refractivity contribution in [2.45, 2.75) is 30.6 Å². The molecule has 0 saturated heterocycles. The Balaban J connectivity index is 2.39. The number of benzene rings is 2. The van der Waals surface area contributed by atoms with Crippen LogP contribution in [-0.2, 0) is 0 Å². The fourth-order valence-electron chi connectivity index (χ4n) is 1.84. The lowest BCUT2D eigenvalue weighted by atomic mass is 10.1. The molecule has 3 N–H and O–H groups in total. The Morgan fingerprint density at radius 1 is 1.00 bits per heavy atom. The molecule has 19 heavy (non-hydrogen) atoms. The Kier molecular flexibility index (Phi) is 3.96.